The molecule has 1 aliphatic heterocycles. The first-order valence-corrected chi connectivity index (χ1v) is 2.82. The number of H-pyrrole nitrogens is 1. The standard InChI is InChI=1S/C6H7N3/c1-2-7-6-4-9-8-3-5(1)6/h1-4,7-9H. The van der Waals surface area contributed by atoms with Crippen molar-refractivity contribution in [1.29, 1.82) is 0 Å². The van der Waals surface area contributed by atoms with E-state index < -0.39 is 0 Å². The lowest BCUT2D eigenvalue weighted by Gasteiger charge is -2.00. The first-order valence-electron chi connectivity index (χ1n) is 2.82. The van der Waals surface area contributed by atoms with Crippen LogP contribution in [0.15, 0.2) is 12.3 Å². The van der Waals surface area contributed by atoms with Crippen molar-refractivity contribution in [3.8, 4) is 0 Å². The van der Waals surface area contributed by atoms with Crippen molar-refractivity contribution in [2.24, 2.45) is 0 Å². The molecule has 3 heteroatoms. The van der Waals surface area contributed by atoms with Crippen molar-refractivity contribution >= 4 is 12.4 Å². The normalized spacial score (nSPS) is 13.8. The summed E-state index contributed by atoms with van der Waals surface area (Å²) in [5, 5.41) is 2.31. The highest BCUT2D eigenvalue weighted by Gasteiger charge is 1.87. The highest BCUT2D eigenvalue weighted by molar-refractivity contribution is 5.30. The third-order valence-corrected chi connectivity index (χ3v) is 1.34. The van der Waals surface area contributed by atoms with Gasteiger partial charge in [0.2, 0.25) is 0 Å². The molecule has 0 amide bonds. The van der Waals surface area contributed by atoms with Gasteiger partial charge in [0.05, 0.1) is 5.35 Å². The van der Waals surface area contributed by atoms with E-state index in [2.05, 4.69) is 15.8 Å². The molecule has 0 radical (unpaired) electrons. The average Bonchev–Trinajstić information content (AvgIpc) is 2.33. The van der Waals surface area contributed by atoms with Crippen LogP contribution in [0.5, 0.6) is 0 Å². The predicted molar refractivity (Wildman–Crippen MR) is 35.2 cm³/mol. The summed E-state index contributed by atoms with van der Waals surface area (Å²) in [5.74, 6) is 0. The third-order valence-electron chi connectivity index (χ3n) is 1.34. The van der Waals surface area contributed by atoms with Crippen LogP contribution in [0.2, 0.25) is 0 Å². The minimum absolute atomic E-state index is 1.12. The van der Waals surface area contributed by atoms with E-state index in [1.807, 2.05) is 24.7 Å². The van der Waals surface area contributed by atoms with Gasteiger partial charge in [-0.25, -0.2) is 0 Å². The summed E-state index contributed by atoms with van der Waals surface area (Å²) in [6.45, 7) is 0. The minimum atomic E-state index is 1.12. The number of hydrogen-bond donors (Lipinski definition) is 3. The SMILES string of the molecule is C1=c2cc[nH]c2=CNN1. The summed E-state index contributed by atoms with van der Waals surface area (Å²) in [4.78, 5) is 3.07. The Morgan fingerprint density at radius 3 is 2.89 bits per heavy atom. The van der Waals surface area contributed by atoms with Crippen molar-refractivity contribution in [1.82, 2.24) is 15.8 Å². The van der Waals surface area contributed by atoms with Gasteiger partial charge in [0.15, 0.2) is 0 Å². The second-order valence-corrected chi connectivity index (χ2v) is 1.92. The molecule has 0 spiro atoms. The summed E-state index contributed by atoms with van der Waals surface area (Å²) < 4.78 is 0. The smallest absolute Gasteiger partial charge is 0.0647 e. The van der Waals surface area contributed by atoms with Gasteiger partial charge in [-0.05, 0) is 6.07 Å². The molecule has 9 heavy (non-hydrogen) atoms. The maximum atomic E-state index is 3.07. The zero-order valence-electron chi connectivity index (χ0n) is 4.81. The van der Waals surface area contributed by atoms with E-state index in [0.29, 0.717) is 0 Å². The topological polar surface area (TPSA) is 39.9 Å². The highest BCUT2D eigenvalue weighted by Crippen LogP contribution is 1.64. The Morgan fingerprint density at radius 2 is 2.00 bits per heavy atom. The summed E-state index contributed by atoms with van der Waals surface area (Å²) >= 11 is 0. The Labute approximate surface area is 52.1 Å². The first-order chi connectivity index (χ1) is 4.47. The molecule has 3 nitrogen and oxygen atoms in total. The number of fused-ring (bicyclic) bond motifs is 1. The van der Waals surface area contributed by atoms with Crippen LogP contribution < -0.4 is 21.4 Å². The van der Waals surface area contributed by atoms with Gasteiger partial charge >= 0.3 is 0 Å². The molecule has 1 aromatic rings. The van der Waals surface area contributed by atoms with Gasteiger partial charge in [-0.3, -0.25) is 0 Å². The van der Waals surface area contributed by atoms with Crippen molar-refractivity contribution in [2.45, 2.75) is 0 Å². The van der Waals surface area contributed by atoms with E-state index in [1.165, 1.54) is 5.22 Å². The van der Waals surface area contributed by atoms with E-state index >= 15 is 0 Å². The van der Waals surface area contributed by atoms with E-state index in [9.17, 15) is 0 Å². The van der Waals surface area contributed by atoms with Crippen LogP contribution >= 0.6 is 0 Å². The molecule has 0 aliphatic carbocycles. The van der Waals surface area contributed by atoms with Gasteiger partial charge in [0, 0.05) is 23.8 Å². The van der Waals surface area contributed by atoms with E-state index in [4.69, 9.17) is 0 Å². The molecule has 1 aliphatic rings. The van der Waals surface area contributed by atoms with Gasteiger partial charge in [-0.1, -0.05) is 0 Å². The van der Waals surface area contributed by atoms with Gasteiger partial charge in [-0.2, -0.15) is 0 Å². The van der Waals surface area contributed by atoms with Crippen LogP contribution in [-0.2, 0) is 0 Å². The van der Waals surface area contributed by atoms with Gasteiger partial charge in [-0.15, -0.1) is 0 Å². The third kappa shape index (κ3) is 0.579. The van der Waals surface area contributed by atoms with Crippen LogP contribution in [-0.4, -0.2) is 4.98 Å². The van der Waals surface area contributed by atoms with E-state index in [1.54, 1.807) is 0 Å². The highest BCUT2D eigenvalue weighted by atomic mass is 15.3. The minimum Gasteiger partial charge on any atom is -0.360 e. The second-order valence-electron chi connectivity index (χ2n) is 1.92. The van der Waals surface area contributed by atoms with Crippen molar-refractivity contribution in [3.05, 3.63) is 22.8 Å². The molecular weight excluding hydrogens is 114 g/mol. The lowest BCUT2D eigenvalue weighted by Crippen LogP contribution is -2.37. The van der Waals surface area contributed by atoms with Gasteiger partial charge in [0.1, 0.15) is 0 Å². The Balaban J connectivity index is 2.89. The lowest BCUT2D eigenvalue weighted by molar-refractivity contribution is 0.840. The van der Waals surface area contributed by atoms with Crippen LogP contribution in [0.4, 0.5) is 0 Å². The number of nitrogens with one attached hydrogen (secondary N) is 3. The Bertz CT molecular complexity index is 279. The first kappa shape index (κ1) is 4.49. The number of hydrazine groups is 1. The summed E-state index contributed by atoms with van der Waals surface area (Å²) in [7, 11) is 0. The monoisotopic (exact) mass is 121 g/mol. The van der Waals surface area contributed by atoms with Crippen molar-refractivity contribution in [3.63, 3.8) is 0 Å². The summed E-state index contributed by atoms with van der Waals surface area (Å²) in [6.07, 6.45) is 5.70. The molecule has 0 saturated heterocycles. The number of aromatic amines is 1. The average molecular weight is 121 g/mol. The maximum Gasteiger partial charge on any atom is 0.0647 e. The molecule has 2 rings (SSSR count). The Kier molecular flexibility index (Phi) is 0.773. The molecule has 46 valence electrons. The molecule has 2 heterocycles. The number of hydrogen-bond acceptors (Lipinski definition) is 2. The molecule has 0 aromatic carbocycles. The molecule has 0 fully saturated rings. The van der Waals surface area contributed by atoms with Gasteiger partial charge in [0.25, 0.3) is 0 Å². The molecule has 0 unspecified atom stereocenters. The quantitative estimate of drug-likeness (QED) is 0.395. The maximum absolute atomic E-state index is 3.07. The zero-order valence-corrected chi connectivity index (χ0v) is 4.81. The van der Waals surface area contributed by atoms with Crippen molar-refractivity contribution < 1.29 is 0 Å². The van der Waals surface area contributed by atoms with Crippen molar-refractivity contribution in [2.75, 3.05) is 0 Å². The molecule has 3 N–H and O–H groups in total. The molecule has 1 aromatic heterocycles. The molecule has 0 saturated carbocycles. The fourth-order valence-corrected chi connectivity index (χ4v) is 0.878. The van der Waals surface area contributed by atoms with E-state index in [-0.39, 0.29) is 0 Å². The van der Waals surface area contributed by atoms with Gasteiger partial charge < -0.3 is 15.8 Å². The van der Waals surface area contributed by atoms with Crippen LogP contribution in [0.3, 0.4) is 0 Å². The summed E-state index contributed by atoms with van der Waals surface area (Å²) in [6, 6.07) is 2.01. The predicted octanol–water partition coefficient (Wildman–Crippen LogP) is -1.40. The van der Waals surface area contributed by atoms with Crippen LogP contribution in [0.1, 0.15) is 0 Å². The van der Waals surface area contributed by atoms with Crippen LogP contribution in [0, 0.1) is 0 Å². The van der Waals surface area contributed by atoms with Crippen LogP contribution in [0.25, 0.3) is 12.4 Å². The Hall–Kier alpha value is -1.38. The molecule has 0 atom stereocenters. The second kappa shape index (κ2) is 1.55. The Morgan fingerprint density at radius 1 is 1.11 bits per heavy atom. The fourth-order valence-electron chi connectivity index (χ4n) is 0.878. The zero-order chi connectivity index (χ0) is 6.10. The molecular formula is C6H7N3. The number of aromatic nitrogens is 1. The number of rotatable bonds is 0. The largest absolute Gasteiger partial charge is 0.360 e. The molecule has 0 bridgehead atoms. The summed E-state index contributed by atoms with van der Waals surface area (Å²) in [5.41, 5.74) is 5.74. The fraction of sp³-hybridized carbons (Fsp3) is 0. The lowest BCUT2D eigenvalue weighted by atomic mass is 10.4. The van der Waals surface area contributed by atoms with E-state index in [0.717, 1.165) is 5.35 Å².